The maximum atomic E-state index is 11.5. The van der Waals surface area contributed by atoms with E-state index in [9.17, 15) is 30.7 Å². The molecule has 0 heterocycles. The second-order valence-corrected chi connectivity index (χ2v) is 1.47. The summed E-state index contributed by atoms with van der Waals surface area (Å²) in [7, 11) is 0. The third-order valence-electron chi connectivity index (χ3n) is 0.501. The van der Waals surface area contributed by atoms with Crippen LogP contribution in [-0.2, 0) is 9.78 Å². The zero-order valence-corrected chi connectivity index (χ0v) is 5.04. The van der Waals surface area contributed by atoms with Crippen LogP contribution in [0.15, 0.2) is 0 Å². The predicted octanol–water partition coefficient (Wildman–Crippen LogP) is 2.31. The predicted molar refractivity (Wildman–Crippen MR) is 19.2 cm³/mol. The second-order valence-electron chi connectivity index (χ2n) is 1.47. The monoisotopic (exact) mass is 202 g/mol. The van der Waals surface area contributed by atoms with Crippen molar-refractivity contribution in [3.05, 3.63) is 0 Å². The first kappa shape index (κ1) is 11.4. The SMILES string of the molecule is FC(F)C(F)(F)OOC(F)(F)F. The summed E-state index contributed by atoms with van der Waals surface area (Å²) in [6.07, 6.45) is -15.2. The molecule has 12 heavy (non-hydrogen) atoms. The largest absolute Gasteiger partial charge is 0.549 e. The van der Waals surface area contributed by atoms with Crippen molar-refractivity contribution in [2.75, 3.05) is 0 Å². The summed E-state index contributed by atoms with van der Waals surface area (Å²) in [6.45, 7) is 0. The lowest BCUT2D eigenvalue weighted by atomic mass is 10.7. The van der Waals surface area contributed by atoms with Crippen molar-refractivity contribution in [2.24, 2.45) is 0 Å². The van der Waals surface area contributed by atoms with E-state index in [4.69, 9.17) is 0 Å². The summed E-state index contributed by atoms with van der Waals surface area (Å²) in [6, 6.07) is 0. The molecule has 0 unspecified atom stereocenters. The average molecular weight is 202 g/mol. The van der Waals surface area contributed by atoms with E-state index in [0.717, 1.165) is 0 Å². The van der Waals surface area contributed by atoms with Gasteiger partial charge in [0.2, 0.25) is 0 Å². The Morgan fingerprint density at radius 2 is 1.25 bits per heavy atom. The van der Waals surface area contributed by atoms with Gasteiger partial charge in [0.05, 0.1) is 0 Å². The van der Waals surface area contributed by atoms with E-state index >= 15 is 0 Å². The smallest absolute Gasteiger partial charge is 0.200 e. The molecule has 0 rings (SSSR count). The van der Waals surface area contributed by atoms with Crippen molar-refractivity contribution < 1.29 is 40.5 Å². The Bertz CT molecular complexity index is 140. The molecule has 2 nitrogen and oxygen atoms in total. The summed E-state index contributed by atoms with van der Waals surface area (Å²) in [5.74, 6) is 0. The Balaban J connectivity index is 3.93. The lowest BCUT2D eigenvalue weighted by Crippen LogP contribution is -2.33. The van der Waals surface area contributed by atoms with Gasteiger partial charge >= 0.3 is 18.9 Å². The topological polar surface area (TPSA) is 18.5 Å². The van der Waals surface area contributed by atoms with Gasteiger partial charge in [-0.1, -0.05) is 0 Å². The van der Waals surface area contributed by atoms with Crippen LogP contribution in [-0.4, -0.2) is 18.9 Å². The van der Waals surface area contributed by atoms with Crippen LogP contribution in [0, 0.1) is 0 Å². The summed E-state index contributed by atoms with van der Waals surface area (Å²) < 4.78 is 77.9. The Morgan fingerprint density at radius 3 is 1.50 bits per heavy atom. The quantitative estimate of drug-likeness (QED) is 0.397. The van der Waals surface area contributed by atoms with Crippen molar-refractivity contribution in [3.63, 3.8) is 0 Å². The van der Waals surface area contributed by atoms with E-state index in [2.05, 4.69) is 4.89 Å². The third-order valence-corrected chi connectivity index (χ3v) is 0.501. The molecule has 74 valence electrons. The lowest BCUT2D eigenvalue weighted by molar-refractivity contribution is -0.559. The van der Waals surface area contributed by atoms with Crippen molar-refractivity contribution >= 4 is 0 Å². The Hall–Kier alpha value is -0.570. The highest BCUT2D eigenvalue weighted by molar-refractivity contribution is 4.51. The number of alkyl halides is 7. The van der Waals surface area contributed by atoms with Gasteiger partial charge in [0.15, 0.2) is 0 Å². The van der Waals surface area contributed by atoms with Crippen LogP contribution in [0.1, 0.15) is 0 Å². The Labute approximate surface area is 60.8 Å². The van der Waals surface area contributed by atoms with Gasteiger partial charge in [0.25, 0.3) is 0 Å². The van der Waals surface area contributed by atoms with E-state index in [0.29, 0.717) is 0 Å². The van der Waals surface area contributed by atoms with Crippen LogP contribution < -0.4 is 0 Å². The van der Waals surface area contributed by atoms with E-state index in [1.54, 1.807) is 0 Å². The summed E-state index contributed by atoms with van der Waals surface area (Å²) in [4.78, 5) is 4.17. The molecule has 0 spiro atoms. The first-order valence-corrected chi connectivity index (χ1v) is 2.24. The molecule has 9 heteroatoms. The molecule has 0 aliphatic rings. The van der Waals surface area contributed by atoms with Gasteiger partial charge < -0.3 is 0 Å². The van der Waals surface area contributed by atoms with E-state index in [1.807, 2.05) is 4.89 Å². The van der Waals surface area contributed by atoms with E-state index in [-0.39, 0.29) is 0 Å². The maximum Gasteiger partial charge on any atom is 0.549 e. The van der Waals surface area contributed by atoms with Crippen molar-refractivity contribution in [2.45, 2.75) is 18.9 Å². The van der Waals surface area contributed by atoms with Gasteiger partial charge in [0.1, 0.15) is 0 Å². The molecule has 0 saturated heterocycles. The van der Waals surface area contributed by atoms with Crippen molar-refractivity contribution in [1.29, 1.82) is 0 Å². The molecule has 0 atom stereocenters. The molecule has 0 aromatic carbocycles. The number of hydrogen-bond acceptors (Lipinski definition) is 2. The molecule has 0 amide bonds. The fourth-order valence-corrected chi connectivity index (χ4v) is 0.139. The minimum Gasteiger partial charge on any atom is -0.200 e. The zero-order valence-electron chi connectivity index (χ0n) is 5.04. The molecule has 0 aliphatic carbocycles. The minimum atomic E-state index is -5.54. The lowest BCUT2D eigenvalue weighted by Gasteiger charge is -2.14. The number of halogens is 7. The minimum absolute atomic E-state index is 2.03. The van der Waals surface area contributed by atoms with E-state index < -0.39 is 18.9 Å². The zero-order chi connectivity index (χ0) is 9.99. The van der Waals surface area contributed by atoms with Crippen LogP contribution in [0.25, 0.3) is 0 Å². The highest BCUT2D eigenvalue weighted by Crippen LogP contribution is 2.28. The molecular formula is C3HF7O2. The van der Waals surface area contributed by atoms with Gasteiger partial charge in [-0.05, 0) is 0 Å². The fourth-order valence-electron chi connectivity index (χ4n) is 0.139. The summed E-state index contributed by atoms with van der Waals surface area (Å²) in [5, 5.41) is 0. The van der Waals surface area contributed by atoms with Gasteiger partial charge in [-0.15, -0.1) is 22.9 Å². The van der Waals surface area contributed by atoms with Crippen molar-refractivity contribution in [3.8, 4) is 0 Å². The molecular weight excluding hydrogens is 201 g/mol. The van der Waals surface area contributed by atoms with Crippen LogP contribution >= 0.6 is 0 Å². The maximum absolute atomic E-state index is 11.5. The summed E-state index contributed by atoms with van der Waals surface area (Å²) >= 11 is 0. The standard InChI is InChI=1S/C3HF7O2/c4-1(5)2(6,7)11-12-3(8,9)10/h1H. The van der Waals surface area contributed by atoms with Crippen LogP contribution in [0.2, 0.25) is 0 Å². The van der Waals surface area contributed by atoms with Crippen LogP contribution in [0.3, 0.4) is 0 Å². The average Bonchev–Trinajstić information content (AvgIpc) is 1.82. The second kappa shape index (κ2) is 3.44. The van der Waals surface area contributed by atoms with Gasteiger partial charge in [-0.2, -0.15) is 8.78 Å². The van der Waals surface area contributed by atoms with E-state index in [1.165, 1.54) is 0 Å². The first-order chi connectivity index (χ1) is 5.15. The third kappa shape index (κ3) is 4.34. The number of rotatable bonds is 3. The molecule has 0 saturated carbocycles. The molecule has 0 N–H and O–H groups in total. The Morgan fingerprint density at radius 1 is 0.833 bits per heavy atom. The molecule has 0 radical (unpaired) electrons. The number of hydrogen-bond donors (Lipinski definition) is 0. The van der Waals surface area contributed by atoms with Crippen LogP contribution in [0.4, 0.5) is 30.7 Å². The van der Waals surface area contributed by atoms with Crippen molar-refractivity contribution in [1.82, 2.24) is 0 Å². The molecule has 0 aliphatic heterocycles. The van der Waals surface area contributed by atoms with Gasteiger partial charge in [-0.3, -0.25) is 0 Å². The molecule has 0 bridgehead atoms. The van der Waals surface area contributed by atoms with Gasteiger partial charge in [-0.25, -0.2) is 8.78 Å². The summed E-state index contributed by atoms with van der Waals surface area (Å²) in [5.41, 5.74) is 0. The molecule has 0 aromatic rings. The van der Waals surface area contributed by atoms with Gasteiger partial charge in [0, 0.05) is 0 Å². The Kier molecular flexibility index (Phi) is 3.27. The molecule has 0 fully saturated rings. The highest BCUT2D eigenvalue weighted by Gasteiger charge is 2.47. The van der Waals surface area contributed by atoms with Crippen LogP contribution in [0.5, 0.6) is 0 Å². The highest BCUT2D eigenvalue weighted by atomic mass is 19.4. The normalized spacial score (nSPS) is 14.0. The first-order valence-electron chi connectivity index (χ1n) is 2.24. The molecule has 0 aromatic heterocycles. The fraction of sp³-hybridized carbons (Fsp3) is 1.00.